The average molecular weight is 437 g/mol. The number of unbranched alkanes of at least 4 members (excludes halogenated alkanes) is 1. The van der Waals surface area contributed by atoms with Crippen molar-refractivity contribution in [3.05, 3.63) is 59.7 Å². The number of rotatable bonds is 7. The zero-order chi connectivity index (χ0) is 22.9. The Bertz CT molecular complexity index is 1150. The molecule has 1 amide bonds. The van der Waals surface area contributed by atoms with Crippen LogP contribution >= 0.6 is 0 Å². The van der Waals surface area contributed by atoms with E-state index in [1.54, 1.807) is 29.9 Å². The van der Waals surface area contributed by atoms with Crippen molar-refractivity contribution >= 4 is 29.0 Å². The fourth-order valence-corrected chi connectivity index (χ4v) is 4.12. The molecule has 32 heavy (non-hydrogen) atoms. The van der Waals surface area contributed by atoms with Crippen LogP contribution in [0.2, 0.25) is 0 Å². The quantitative estimate of drug-likeness (QED) is 0.668. The Morgan fingerprint density at radius 1 is 1.22 bits per heavy atom. The van der Waals surface area contributed by atoms with E-state index in [4.69, 9.17) is 10.1 Å². The van der Waals surface area contributed by atoms with E-state index in [9.17, 15) is 14.0 Å². The van der Waals surface area contributed by atoms with E-state index < -0.39 is 17.3 Å². The molecule has 0 spiro atoms. The summed E-state index contributed by atoms with van der Waals surface area (Å²) in [6.45, 7) is 1.92. The van der Waals surface area contributed by atoms with Crippen molar-refractivity contribution in [2.24, 2.45) is 12.0 Å². The Morgan fingerprint density at radius 3 is 2.62 bits per heavy atom. The van der Waals surface area contributed by atoms with Gasteiger partial charge in [-0.05, 0) is 49.6 Å². The summed E-state index contributed by atoms with van der Waals surface area (Å²) in [7, 11) is 1.79. The number of hydrogen-bond acceptors (Lipinski definition) is 5. The van der Waals surface area contributed by atoms with Crippen LogP contribution in [-0.2, 0) is 16.6 Å². The molecule has 9 heteroatoms. The Morgan fingerprint density at radius 2 is 1.97 bits per heavy atom. The molecule has 2 aliphatic rings. The molecule has 8 nitrogen and oxygen atoms in total. The van der Waals surface area contributed by atoms with Gasteiger partial charge in [0.25, 0.3) is 5.91 Å². The van der Waals surface area contributed by atoms with Crippen molar-refractivity contribution in [1.82, 2.24) is 15.0 Å². The van der Waals surface area contributed by atoms with Crippen LogP contribution in [0.4, 0.5) is 10.1 Å². The summed E-state index contributed by atoms with van der Waals surface area (Å²) < 4.78 is 15.1. The highest BCUT2D eigenvalue weighted by atomic mass is 19.1. The Balaban J connectivity index is 1.70. The maximum Gasteiger partial charge on any atom is 0.303 e. The van der Waals surface area contributed by atoms with Crippen molar-refractivity contribution in [2.45, 2.75) is 44.6 Å². The second-order valence-corrected chi connectivity index (χ2v) is 8.25. The molecule has 0 fully saturated rings. The molecule has 4 rings (SSSR count). The summed E-state index contributed by atoms with van der Waals surface area (Å²) in [5.41, 5.74) is 1.96. The number of fused-ring (bicyclic) bond motifs is 1. The number of allylic oxidation sites excluding steroid dienone is 2. The second-order valence-electron chi connectivity index (χ2n) is 8.25. The van der Waals surface area contributed by atoms with E-state index in [2.05, 4.69) is 10.3 Å². The minimum Gasteiger partial charge on any atom is -0.481 e. The van der Waals surface area contributed by atoms with Gasteiger partial charge < -0.3 is 5.11 Å². The minimum atomic E-state index is -0.856. The van der Waals surface area contributed by atoms with Gasteiger partial charge in [0.15, 0.2) is 0 Å². The average Bonchev–Trinajstić information content (AvgIpc) is 3.18. The number of hydrogen-bond donors (Lipinski definition) is 1. The number of amides is 1. The molecule has 1 unspecified atom stereocenters. The third kappa shape index (κ3) is 4.23. The standard InChI is InChI=1S/C23H24FN5O3/c1-23-13-15(19-14-28(2)27-26-19)7-12-18(23)22(32)29(17-10-8-16(24)9-11-17)20(25-23)5-3-4-6-21(30)31/h7-12,14H,3-6,13H2,1-2H3,(H,30,31). The molecule has 1 aromatic carbocycles. The lowest BCUT2D eigenvalue weighted by atomic mass is 9.78. The van der Waals surface area contributed by atoms with E-state index in [1.807, 2.05) is 19.2 Å². The number of aryl methyl sites for hydroxylation is 1. The number of carbonyl (C=O) groups excluding carboxylic acids is 1. The van der Waals surface area contributed by atoms with Gasteiger partial charge in [0.2, 0.25) is 0 Å². The molecule has 1 aliphatic heterocycles. The minimum absolute atomic E-state index is 0.0553. The van der Waals surface area contributed by atoms with Crippen LogP contribution < -0.4 is 4.90 Å². The van der Waals surface area contributed by atoms with Crippen LogP contribution in [0.15, 0.2) is 53.2 Å². The van der Waals surface area contributed by atoms with Gasteiger partial charge in [-0.1, -0.05) is 17.4 Å². The van der Waals surface area contributed by atoms with Crippen LogP contribution in [0.1, 0.15) is 44.7 Å². The van der Waals surface area contributed by atoms with Gasteiger partial charge in [0.05, 0.1) is 17.4 Å². The van der Waals surface area contributed by atoms with E-state index in [0.717, 1.165) is 11.3 Å². The third-order valence-electron chi connectivity index (χ3n) is 5.69. The first-order valence-electron chi connectivity index (χ1n) is 10.5. The van der Waals surface area contributed by atoms with E-state index in [-0.39, 0.29) is 12.3 Å². The van der Waals surface area contributed by atoms with Crippen molar-refractivity contribution in [1.29, 1.82) is 0 Å². The summed E-state index contributed by atoms with van der Waals surface area (Å²) in [5, 5.41) is 17.1. The lowest BCUT2D eigenvalue weighted by molar-refractivity contribution is -0.137. The molecule has 166 valence electrons. The molecule has 2 aromatic rings. The maximum atomic E-state index is 13.6. The van der Waals surface area contributed by atoms with Crippen molar-refractivity contribution < 1.29 is 19.1 Å². The fraction of sp³-hybridized carbons (Fsp3) is 0.348. The molecule has 1 aromatic heterocycles. The van der Waals surface area contributed by atoms with Crippen molar-refractivity contribution in [3.63, 3.8) is 0 Å². The number of carboxylic acids is 1. The number of benzene rings is 1. The normalized spacial score (nSPS) is 20.4. The van der Waals surface area contributed by atoms with Crippen molar-refractivity contribution in [3.8, 4) is 0 Å². The maximum absolute atomic E-state index is 13.6. The predicted octanol–water partition coefficient (Wildman–Crippen LogP) is 3.52. The zero-order valence-electron chi connectivity index (χ0n) is 18.0. The highest BCUT2D eigenvalue weighted by Crippen LogP contribution is 2.41. The Hall–Kier alpha value is -3.62. The summed E-state index contributed by atoms with van der Waals surface area (Å²) in [6.07, 6.45) is 7.48. The van der Waals surface area contributed by atoms with E-state index in [0.29, 0.717) is 42.8 Å². The molecule has 2 heterocycles. The number of carboxylic acid groups (broad SMARTS) is 1. The first kappa shape index (κ1) is 21.6. The Kier molecular flexibility index (Phi) is 5.73. The van der Waals surface area contributed by atoms with Crippen LogP contribution in [-0.4, -0.2) is 43.4 Å². The summed E-state index contributed by atoms with van der Waals surface area (Å²) in [4.78, 5) is 30.9. The summed E-state index contributed by atoms with van der Waals surface area (Å²) in [5.74, 6) is -0.912. The van der Waals surface area contributed by atoms with Gasteiger partial charge in [-0.15, -0.1) is 5.10 Å². The first-order valence-corrected chi connectivity index (χ1v) is 10.5. The zero-order valence-corrected chi connectivity index (χ0v) is 18.0. The summed E-state index contributed by atoms with van der Waals surface area (Å²) in [6, 6.07) is 5.71. The van der Waals surface area contributed by atoms with Crippen LogP contribution in [0.5, 0.6) is 0 Å². The van der Waals surface area contributed by atoms with Gasteiger partial charge >= 0.3 is 5.97 Å². The fourth-order valence-electron chi connectivity index (χ4n) is 4.12. The van der Waals surface area contributed by atoms with Crippen LogP contribution in [0, 0.1) is 5.82 Å². The van der Waals surface area contributed by atoms with Gasteiger partial charge in [-0.2, -0.15) is 0 Å². The van der Waals surface area contributed by atoms with Gasteiger partial charge in [0, 0.05) is 31.9 Å². The molecule has 1 N–H and O–H groups in total. The van der Waals surface area contributed by atoms with E-state index in [1.165, 1.54) is 17.0 Å². The molecule has 0 radical (unpaired) electrons. The molecular formula is C23H24FN5O3. The molecule has 0 bridgehead atoms. The number of aliphatic imine (C=N–C) groups is 1. The summed E-state index contributed by atoms with van der Waals surface area (Å²) >= 11 is 0. The number of halogens is 1. The van der Waals surface area contributed by atoms with Gasteiger partial charge in [-0.3, -0.25) is 24.2 Å². The first-order chi connectivity index (χ1) is 15.3. The Labute approximate surface area is 184 Å². The smallest absolute Gasteiger partial charge is 0.303 e. The predicted molar refractivity (Wildman–Crippen MR) is 118 cm³/mol. The molecular weight excluding hydrogens is 413 g/mol. The molecule has 1 aliphatic carbocycles. The van der Waals surface area contributed by atoms with Gasteiger partial charge in [-0.25, -0.2) is 4.39 Å². The lowest BCUT2D eigenvalue weighted by Crippen LogP contribution is -2.50. The van der Waals surface area contributed by atoms with Crippen LogP contribution in [0.25, 0.3) is 5.57 Å². The van der Waals surface area contributed by atoms with Crippen molar-refractivity contribution in [2.75, 3.05) is 4.90 Å². The SMILES string of the molecule is Cn1cc(C2=CC=C3C(=O)N(c4ccc(F)cc4)C(CCCCC(=O)O)=NC3(C)C2)nn1. The third-order valence-corrected chi connectivity index (χ3v) is 5.69. The number of amidine groups is 1. The number of aliphatic carboxylic acids is 1. The van der Waals surface area contributed by atoms with Gasteiger partial charge in [0.1, 0.15) is 17.3 Å². The highest BCUT2D eigenvalue weighted by molar-refractivity contribution is 6.25. The monoisotopic (exact) mass is 437 g/mol. The molecule has 1 atom stereocenters. The molecule has 0 saturated carbocycles. The highest BCUT2D eigenvalue weighted by Gasteiger charge is 2.44. The number of aromatic nitrogens is 3. The molecule has 0 saturated heterocycles. The number of nitrogens with zero attached hydrogens (tertiary/aromatic N) is 5. The van der Waals surface area contributed by atoms with Crippen LogP contribution in [0.3, 0.4) is 0 Å². The van der Waals surface area contributed by atoms with E-state index >= 15 is 0 Å². The topological polar surface area (TPSA) is 101 Å². The number of anilines is 1. The number of carbonyl (C=O) groups is 2. The lowest BCUT2D eigenvalue weighted by Gasteiger charge is -2.40. The second kappa shape index (κ2) is 8.49. The largest absolute Gasteiger partial charge is 0.481 e.